The zero-order chi connectivity index (χ0) is 41.9. The average Bonchev–Trinajstić information content (AvgIpc) is 4.00. The van der Waals surface area contributed by atoms with Crippen LogP contribution in [0.4, 0.5) is 16.2 Å². The first-order valence-corrected chi connectivity index (χ1v) is 19.7. The van der Waals surface area contributed by atoms with Crippen molar-refractivity contribution in [2.24, 2.45) is 5.73 Å². The van der Waals surface area contributed by atoms with Crippen molar-refractivity contribution in [1.82, 2.24) is 25.9 Å². The molecule has 314 valence electrons. The van der Waals surface area contributed by atoms with Crippen molar-refractivity contribution in [3.63, 3.8) is 0 Å². The lowest BCUT2D eigenvalue weighted by atomic mass is 10.1. The average molecular weight is 793 g/mol. The number of rotatable bonds is 16. The molecule has 0 saturated heterocycles. The fraction of sp³-hybridized carbons (Fsp3) is 0.524. The molecule has 1 unspecified atom stereocenters. The first-order chi connectivity index (χ1) is 27.4. The molecule has 3 amide bonds. The molecule has 4 aromatic rings. The second-order valence-electron chi connectivity index (χ2n) is 14.2. The summed E-state index contributed by atoms with van der Waals surface area (Å²) in [4.78, 5) is 55.1. The van der Waals surface area contributed by atoms with Crippen LogP contribution in [0.3, 0.4) is 0 Å². The van der Waals surface area contributed by atoms with Gasteiger partial charge in [-0.15, -0.1) is 0 Å². The van der Waals surface area contributed by atoms with Gasteiger partial charge in [-0.25, -0.2) is 4.79 Å². The number of benzene rings is 2. The Morgan fingerprint density at radius 3 is 1.91 bits per heavy atom. The van der Waals surface area contributed by atoms with Gasteiger partial charge in [0.1, 0.15) is 0 Å². The largest absolute Gasteiger partial charge is 0.389 e. The molecule has 8 N–H and O–H groups in total. The molecule has 15 heteroatoms. The predicted molar refractivity (Wildman–Crippen MR) is 228 cm³/mol. The van der Waals surface area contributed by atoms with E-state index in [4.69, 9.17) is 20.3 Å². The van der Waals surface area contributed by atoms with Crippen molar-refractivity contribution >= 4 is 56.7 Å². The molecule has 4 heterocycles. The SMILES string of the molecule is CC(=O)c1cc2c3c(ccc2[nH]1)N(C(N)=O)CC3.CC(=O)c1cc2c3c(ccc2[nH]1)N(C)CC3.CNCCC(=O)NCC(O)COC.CNCCCCCCOC. The smallest absolute Gasteiger partial charge is 0.319 e. The molecule has 2 aliphatic rings. The third-order valence-corrected chi connectivity index (χ3v) is 9.81. The summed E-state index contributed by atoms with van der Waals surface area (Å²) in [5, 5.41) is 20.0. The standard InChI is InChI=1S/C13H13N3O2.C13H14N2O.C8H18N2O3.C8H19NO/c1-7(17)11-6-9-8-4-5-16(13(14)18)12(8)3-2-10(9)15-11;1-8(16)12-7-10-9-5-6-15(2)13(9)4-3-11(10)14-12;1-9-4-3-8(12)10-5-7(11)6-13-2;1-9-7-5-3-4-6-8-10-2/h2-3,6,15H,4-5H2,1H3,(H2,14,18);3-4,7,14H,5-6H2,1-2H3;7,9,11H,3-6H2,1-2H3,(H,10,12);9H,3-8H2,1-2H3. The number of anilines is 2. The number of urea groups is 1. The molecule has 0 saturated carbocycles. The lowest BCUT2D eigenvalue weighted by Crippen LogP contribution is -2.35. The number of primary amides is 1. The molecular weight excluding hydrogens is 729 g/mol. The number of aromatic amines is 2. The number of fused-ring (bicyclic) bond motifs is 6. The molecule has 1 atom stereocenters. The molecule has 2 aliphatic heterocycles. The van der Waals surface area contributed by atoms with Gasteiger partial charge < -0.3 is 51.1 Å². The molecule has 0 spiro atoms. The van der Waals surface area contributed by atoms with Crippen molar-refractivity contribution < 1.29 is 33.8 Å². The van der Waals surface area contributed by atoms with Crippen molar-refractivity contribution in [3.05, 3.63) is 58.9 Å². The first-order valence-electron chi connectivity index (χ1n) is 19.7. The van der Waals surface area contributed by atoms with Crippen molar-refractivity contribution in [3.8, 4) is 0 Å². The van der Waals surface area contributed by atoms with Gasteiger partial charge in [-0.05, 0) is 93.8 Å². The third kappa shape index (κ3) is 14.0. The molecule has 0 aliphatic carbocycles. The number of H-pyrrole nitrogens is 2. The van der Waals surface area contributed by atoms with E-state index in [1.807, 2.05) is 31.3 Å². The van der Waals surface area contributed by atoms with Gasteiger partial charge in [0, 0.05) is 108 Å². The zero-order valence-electron chi connectivity index (χ0n) is 34.8. The van der Waals surface area contributed by atoms with E-state index in [9.17, 15) is 19.2 Å². The van der Waals surface area contributed by atoms with Crippen molar-refractivity contribution in [2.45, 2.75) is 64.9 Å². The fourth-order valence-electron chi connectivity index (χ4n) is 6.70. The zero-order valence-corrected chi connectivity index (χ0v) is 34.8. The van der Waals surface area contributed by atoms with E-state index in [0.717, 1.165) is 60.2 Å². The minimum Gasteiger partial charge on any atom is -0.389 e. The number of ketones is 2. The number of aliphatic hydroxyl groups excluding tert-OH is 1. The number of nitrogens with two attached hydrogens (primary N) is 1. The minimum atomic E-state index is -0.622. The Labute approximate surface area is 336 Å². The highest BCUT2D eigenvalue weighted by Crippen LogP contribution is 2.35. The van der Waals surface area contributed by atoms with Crippen LogP contribution >= 0.6 is 0 Å². The van der Waals surface area contributed by atoms with Crippen molar-refractivity contribution in [2.75, 3.05) is 91.1 Å². The third-order valence-electron chi connectivity index (χ3n) is 9.81. The van der Waals surface area contributed by atoms with Crippen LogP contribution in [0, 0.1) is 0 Å². The lowest BCUT2D eigenvalue weighted by Gasteiger charge is -2.13. The molecule has 0 fully saturated rings. The number of carbonyl (C=O) groups is 4. The van der Waals surface area contributed by atoms with Gasteiger partial charge in [-0.2, -0.15) is 0 Å². The molecule has 2 aromatic carbocycles. The molecule has 57 heavy (non-hydrogen) atoms. The fourth-order valence-corrected chi connectivity index (χ4v) is 6.70. The number of methoxy groups -OCH3 is 2. The number of hydrogen-bond acceptors (Lipinski definition) is 10. The highest BCUT2D eigenvalue weighted by molar-refractivity contribution is 6.03. The second-order valence-corrected chi connectivity index (χ2v) is 14.2. The van der Waals surface area contributed by atoms with Crippen molar-refractivity contribution in [1.29, 1.82) is 0 Å². The van der Waals surface area contributed by atoms with Crippen LogP contribution in [0.2, 0.25) is 0 Å². The van der Waals surface area contributed by atoms with Gasteiger partial charge >= 0.3 is 6.03 Å². The topological polar surface area (TPSA) is 207 Å². The number of aliphatic hydroxyl groups is 1. The number of Topliss-reactive ketones (excluding diaryl/α,β-unsaturated/α-hetero) is 2. The highest BCUT2D eigenvalue weighted by atomic mass is 16.5. The summed E-state index contributed by atoms with van der Waals surface area (Å²) in [7, 11) is 9.15. The number of amides is 3. The minimum absolute atomic E-state index is 0.00436. The van der Waals surface area contributed by atoms with Gasteiger partial charge in [0.2, 0.25) is 5.91 Å². The Hall–Kier alpha value is -4.80. The number of aromatic nitrogens is 2. The Kier molecular flexibility index (Phi) is 19.7. The normalized spacial score (nSPS) is 13.1. The van der Waals surface area contributed by atoms with Gasteiger partial charge in [-0.3, -0.25) is 19.3 Å². The second kappa shape index (κ2) is 24.1. The summed E-state index contributed by atoms with van der Waals surface area (Å²) in [5.41, 5.74) is 13.2. The number of carbonyl (C=O) groups excluding carboxylic acids is 4. The Morgan fingerprint density at radius 1 is 0.807 bits per heavy atom. The Bertz CT molecular complexity index is 1900. The lowest BCUT2D eigenvalue weighted by molar-refractivity contribution is -0.121. The van der Waals surface area contributed by atoms with Crippen LogP contribution in [0.1, 0.15) is 78.1 Å². The number of unbranched alkanes of at least 4 members (excludes halogenated alkanes) is 3. The molecule has 2 aromatic heterocycles. The maximum atomic E-state index is 11.4. The summed E-state index contributed by atoms with van der Waals surface area (Å²) >= 11 is 0. The van der Waals surface area contributed by atoms with Crippen LogP contribution in [-0.4, -0.2) is 126 Å². The maximum absolute atomic E-state index is 11.4. The van der Waals surface area contributed by atoms with Crippen LogP contribution in [0.5, 0.6) is 0 Å². The Morgan fingerprint density at radius 2 is 1.37 bits per heavy atom. The van der Waals surface area contributed by atoms with E-state index < -0.39 is 12.1 Å². The molecule has 0 bridgehead atoms. The number of ether oxygens (including phenoxy) is 2. The number of hydrogen-bond donors (Lipinski definition) is 7. The van der Waals surface area contributed by atoms with E-state index >= 15 is 0 Å². The summed E-state index contributed by atoms with van der Waals surface area (Å²) < 4.78 is 9.64. The van der Waals surface area contributed by atoms with Crippen LogP contribution < -0.4 is 31.5 Å². The summed E-state index contributed by atoms with van der Waals surface area (Å²) in [6.07, 6.45) is 6.77. The summed E-state index contributed by atoms with van der Waals surface area (Å²) in [6.45, 7) is 7.98. The number of nitrogens with zero attached hydrogens (tertiary/aromatic N) is 2. The predicted octanol–water partition coefficient (Wildman–Crippen LogP) is 4.31. The van der Waals surface area contributed by atoms with E-state index in [0.29, 0.717) is 30.9 Å². The van der Waals surface area contributed by atoms with Gasteiger partial charge in [0.05, 0.1) is 24.1 Å². The van der Waals surface area contributed by atoms with Crippen LogP contribution in [0.25, 0.3) is 21.8 Å². The highest BCUT2D eigenvalue weighted by Gasteiger charge is 2.25. The van der Waals surface area contributed by atoms with Crippen LogP contribution in [-0.2, 0) is 27.1 Å². The van der Waals surface area contributed by atoms with E-state index in [1.54, 1.807) is 26.0 Å². The van der Waals surface area contributed by atoms with Gasteiger partial charge in [-0.1, -0.05) is 12.8 Å². The van der Waals surface area contributed by atoms with Gasteiger partial charge in [0.15, 0.2) is 11.6 Å². The Balaban J connectivity index is 0.000000209. The monoisotopic (exact) mass is 792 g/mol. The first kappa shape index (κ1) is 46.6. The molecule has 6 rings (SSSR count). The maximum Gasteiger partial charge on any atom is 0.319 e. The molecule has 0 radical (unpaired) electrons. The summed E-state index contributed by atoms with van der Waals surface area (Å²) in [6, 6.07) is 11.3. The number of likely N-dealkylation sites (N-methyl/N-ethyl adjacent to an activating group) is 1. The van der Waals surface area contributed by atoms with Crippen LogP contribution in [0.15, 0.2) is 36.4 Å². The quantitative estimate of drug-likeness (QED) is 0.0633. The molecular formula is C42H64N8O7. The van der Waals surface area contributed by atoms with E-state index in [-0.39, 0.29) is 30.6 Å². The van der Waals surface area contributed by atoms with E-state index in [1.165, 1.54) is 56.4 Å². The van der Waals surface area contributed by atoms with Gasteiger partial charge in [0.25, 0.3) is 0 Å². The number of nitrogens with one attached hydrogen (secondary N) is 5. The molecule has 15 nitrogen and oxygen atoms in total. The summed E-state index contributed by atoms with van der Waals surface area (Å²) in [5.74, 6) is 0.0329. The van der Waals surface area contributed by atoms with E-state index in [2.05, 4.69) is 50.0 Å².